The van der Waals surface area contributed by atoms with E-state index < -0.39 is 11.8 Å². The minimum Gasteiger partial charge on any atom is -0.394 e. The van der Waals surface area contributed by atoms with Crippen LogP contribution in [0.4, 0.5) is 14.9 Å². The first-order chi connectivity index (χ1) is 15.5. The van der Waals surface area contributed by atoms with Gasteiger partial charge in [0.2, 0.25) is 5.91 Å². The molecular weight excluding hydrogens is 409 g/mol. The Morgan fingerprint density at radius 3 is 2.72 bits per heavy atom. The number of unbranched alkanes of at least 4 members (excludes halogenated alkanes) is 1. The van der Waals surface area contributed by atoms with Crippen LogP contribution in [-0.2, 0) is 4.79 Å². The number of urea groups is 1. The molecule has 0 aliphatic carbocycles. The summed E-state index contributed by atoms with van der Waals surface area (Å²) in [5, 5.41) is 12.6. The van der Waals surface area contributed by atoms with Crippen LogP contribution in [0.1, 0.15) is 36.8 Å². The maximum Gasteiger partial charge on any atom is 0.322 e. The molecule has 2 aromatic carbocycles. The number of aliphatic hydroxyl groups excluding tert-OH is 1. The van der Waals surface area contributed by atoms with Gasteiger partial charge in [0, 0.05) is 30.1 Å². The van der Waals surface area contributed by atoms with Gasteiger partial charge in [0.1, 0.15) is 12.4 Å². The summed E-state index contributed by atoms with van der Waals surface area (Å²) in [6, 6.07) is 12.5. The van der Waals surface area contributed by atoms with Crippen molar-refractivity contribution in [2.24, 2.45) is 0 Å². The van der Waals surface area contributed by atoms with Crippen LogP contribution in [0.25, 0.3) is 0 Å². The molecule has 2 heterocycles. The minimum atomic E-state index is -0.448. The highest BCUT2D eigenvalue weighted by Gasteiger charge is 2.54. The molecule has 2 aromatic rings. The first-order valence-corrected chi connectivity index (χ1v) is 10.8. The quantitative estimate of drug-likeness (QED) is 0.725. The highest BCUT2D eigenvalue weighted by Crippen LogP contribution is 2.43. The second-order valence-electron chi connectivity index (χ2n) is 8.14. The monoisotopic (exact) mass is 435 g/mol. The Morgan fingerprint density at radius 2 is 2.03 bits per heavy atom. The lowest BCUT2D eigenvalue weighted by molar-refractivity contribution is -0.159. The van der Waals surface area contributed by atoms with Gasteiger partial charge >= 0.3 is 6.03 Å². The average Bonchev–Trinajstić information content (AvgIpc) is 2.76. The lowest BCUT2D eigenvalue weighted by Crippen LogP contribution is -2.73. The molecular formula is C25H26FN3O3. The zero-order valence-corrected chi connectivity index (χ0v) is 17.9. The number of benzene rings is 2. The molecule has 0 aromatic heterocycles. The molecule has 4 rings (SSSR count). The number of hydrogen-bond donors (Lipinski definition) is 2. The Hall–Kier alpha value is -3.37. The smallest absolute Gasteiger partial charge is 0.322 e. The molecule has 6 nitrogen and oxygen atoms in total. The van der Waals surface area contributed by atoms with Crippen LogP contribution in [0, 0.1) is 17.7 Å². The van der Waals surface area contributed by atoms with Crippen molar-refractivity contribution in [1.29, 1.82) is 0 Å². The Kier molecular flexibility index (Phi) is 6.42. The van der Waals surface area contributed by atoms with Gasteiger partial charge in [0.15, 0.2) is 0 Å². The second-order valence-corrected chi connectivity index (χ2v) is 8.14. The van der Waals surface area contributed by atoms with Crippen LogP contribution in [0.2, 0.25) is 0 Å². The predicted molar refractivity (Wildman–Crippen MR) is 119 cm³/mol. The number of halogens is 1. The van der Waals surface area contributed by atoms with Crippen molar-refractivity contribution in [3.05, 3.63) is 65.5 Å². The second kappa shape index (κ2) is 9.41. The molecule has 2 aliphatic heterocycles. The van der Waals surface area contributed by atoms with Crippen molar-refractivity contribution < 1.29 is 19.1 Å². The van der Waals surface area contributed by atoms with E-state index in [0.717, 1.165) is 24.0 Å². The van der Waals surface area contributed by atoms with E-state index in [2.05, 4.69) is 24.1 Å². The van der Waals surface area contributed by atoms with Crippen molar-refractivity contribution in [2.75, 3.05) is 25.0 Å². The maximum atomic E-state index is 13.4. The zero-order valence-electron chi connectivity index (χ0n) is 17.9. The van der Waals surface area contributed by atoms with Gasteiger partial charge in [0.25, 0.3) is 0 Å². The first-order valence-electron chi connectivity index (χ1n) is 10.8. The van der Waals surface area contributed by atoms with Crippen LogP contribution >= 0.6 is 0 Å². The van der Waals surface area contributed by atoms with E-state index in [0.29, 0.717) is 12.2 Å². The molecule has 0 saturated carbocycles. The number of nitrogens with zero attached hydrogens (tertiary/aromatic N) is 2. The average molecular weight is 435 g/mol. The van der Waals surface area contributed by atoms with Crippen molar-refractivity contribution >= 4 is 17.6 Å². The van der Waals surface area contributed by atoms with Crippen LogP contribution in [0.5, 0.6) is 0 Å². The first kappa shape index (κ1) is 21.8. The summed E-state index contributed by atoms with van der Waals surface area (Å²) in [4.78, 5) is 28.6. The largest absolute Gasteiger partial charge is 0.394 e. The van der Waals surface area contributed by atoms with Gasteiger partial charge in [-0.15, -0.1) is 0 Å². The Labute approximate surface area is 187 Å². The van der Waals surface area contributed by atoms with Crippen molar-refractivity contribution in [2.45, 2.75) is 37.8 Å². The van der Waals surface area contributed by atoms with Gasteiger partial charge < -0.3 is 20.2 Å². The van der Waals surface area contributed by atoms with Gasteiger partial charge in [-0.2, -0.15) is 0 Å². The summed E-state index contributed by atoms with van der Waals surface area (Å²) >= 11 is 0. The molecule has 0 bridgehead atoms. The molecule has 0 spiro atoms. The van der Waals surface area contributed by atoms with Gasteiger partial charge in [-0.3, -0.25) is 4.79 Å². The molecule has 166 valence electrons. The lowest BCUT2D eigenvalue weighted by Gasteiger charge is -2.58. The Morgan fingerprint density at radius 1 is 1.25 bits per heavy atom. The number of piperazine rings is 1. The number of fused-ring (bicyclic) bond motifs is 1. The Bertz CT molecular complexity index is 1060. The fraction of sp³-hybridized carbons (Fsp3) is 0.360. The topological polar surface area (TPSA) is 72.9 Å². The number of anilines is 1. The van der Waals surface area contributed by atoms with Crippen LogP contribution < -0.4 is 5.32 Å². The molecule has 2 saturated heterocycles. The third kappa shape index (κ3) is 4.32. The molecule has 2 fully saturated rings. The molecule has 0 radical (unpaired) electrons. The van der Waals surface area contributed by atoms with E-state index in [9.17, 15) is 19.1 Å². The van der Waals surface area contributed by atoms with E-state index >= 15 is 0 Å². The summed E-state index contributed by atoms with van der Waals surface area (Å²) < 4.78 is 13.4. The van der Waals surface area contributed by atoms with Gasteiger partial charge in [-0.1, -0.05) is 37.0 Å². The number of hydrogen-bond acceptors (Lipinski definition) is 3. The third-order valence-electron chi connectivity index (χ3n) is 6.02. The summed E-state index contributed by atoms with van der Waals surface area (Å²) in [7, 11) is 0. The molecule has 0 unspecified atom stereocenters. The molecule has 2 aliphatic rings. The lowest BCUT2D eigenvalue weighted by atomic mass is 9.73. The van der Waals surface area contributed by atoms with Gasteiger partial charge in [-0.05, 0) is 42.3 Å². The summed E-state index contributed by atoms with van der Waals surface area (Å²) in [5.41, 5.74) is 2.27. The summed E-state index contributed by atoms with van der Waals surface area (Å²) in [5.74, 6) is 5.53. The standard InChI is InChI=1S/C25H26FN3O3/c1-2-3-4-6-17-9-11-18(12-10-17)24-21-14-28(15-23(31)29(21)22(24)16-30)25(32)27-20-8-5-7-19(26)13-20/h5,7-13,21-22,24,30H,2-3,14-16H2,1H3,(H,27,32)/t21-,22-,24-/m0/s1. The normalized spacial score (nSPS) is 21.8. The number of rotatable bonds is 4. The molecule has 7 heteroatoms. The maximum absolute atomic E-state index is 13.4. The number of carbonyl (C=O) groups is 2. The molecule has 2 N–H and O–H groups in total. The van der Waals surface area contributed by atoms with Crippen molar-refractivity contribution in [1.82, 2.24) is 9.80 Å². The van der Waals surface area contributed by atoms with E-state index in [1.54, 1.807) is 11.0 Å². The summed E-state index contributed by atoms with van der Waals surface area (Å²) in [6.07, 6.45) is 1.86. The molecule has 3 atom stereocenters. The number of carbonyl (C=O) groups excluding carboxylic acids is 2. The third-order valence-corrected chi connectivity index (χ3v) is 6.02. The van der Waals surface area contributed by atoms with Crippen LogP contribution in [0.3, 0.4) is 0 Å². The predicted octanol–water partition coefficient (Wildman–Crippen LogP) is 3.18. The van der Waals surface area contributed by atoms with Gasteiger partial charge in [-0.25, -0.2) is 9.18 Å². The van der Waals surface area contributed by atoms with Crippen molar-refractivity contribution in [3.8, 4) is 11.8 Å². The fourth-order valence-electron chi connectivity index (χ4n) is 4.50. The summed E-state index contributed by atoms with van der Waals surface area (Å²) in [6.45, 7) is 2.21. The van der Waals surface area contributed by atoms with E-state index in [1.165, 1.54) is 23.1 Å². The minimum absolute atomic E-state index is 0.0766. The number of amides is 3. The molecule has 3 amide bonds. The fourth-order valence-corrected chi connectivity index (χ4v) is 4.50. The molecule has 32 heavy (non-hydrogen) atoms. The van der Waals surface area contributed by atoms with E-state index in [-0.39, 0.29) is 37.1 Å². The highest BCUT2D eigenvalue weighted by atomic mass is 19.1. The highest BCUT2D eigenvalue weighted by molar-refractivity contribution is 5.93. The van der Waals surface area contributed by atoms with Crippen LogP contribution in [0.15, 0.2) is 48.5 Å². The SMILES string of the molecule is CCCC#Cc1ccc([C@@H]2[C@H](CO)N3C(=O)CN(C(=O)Nc4cccc(F)c4)C[C@@H]23)cc1. The van der Waals surface area contributed by atoms with Gasteiger partial charge in [0.05, 0.1) is 18.7 Å². The number of aliphatic hydroxyl groups is 1. The van der Waals surface area contributed by atoms with Crippen LogP contribution in [-0.4, -0.2) is 58.6 Å². The van der Waals surface area contributed by atoms with Crippen molar-refractivity contribution in [3.63, 3.8) is 0 Å². The van der Waals surface area contributed by atoms with E-state index in [4.69, 9.17) is 0 Å². The number of nitrogens with one attached hydrogen (secondary N) is 1. The zero-order chi connectivity index (χ0) is 22.7. The Balaban J connectivity index is 1.49. The van der Waals surface area contributed by atoms with E-state index in [1.807, 2.05) is 24.3 Å².